The average Bonchev–Trinajstić information content (AvgIpc) is 3.17. The number of aromatic nitrogens is 6. The Balaban J connectivity index is 1.88. The second-order valence-electron chi connectivity index (χ2n) is 4.50. The zero-order chi connectivity index (χ0) is 14.6. The predicted octanol–water partition coefficient (Wildman–Crippen LogP) is 3.39. The van der Waals surface area contributed by atoms with Gasteiger partial charge >= 0.3 is 0 Å². The van der Waals surface area contributed by atoms with Gasteiger partial charge in [0.1, 0.15) is 0 Å². The van der Waals surface area contributed by atoms with Crippen molar-refractivity contribution in [2.75, 3.05) is 0 Å². The molecule has 9 heteroatoms. The lowest BCUT2D eigenvalue weighted by atomic mass is 10.2. The first kappa shape index (κ1) is 13.1. The van der Waals surface area contributed by atoms with Crippen LogP contribution in [-0.2, 0) is 7.05 Å². The Kier molecular flexibility index (Phi) is 2.95. The van der Waals surface area contributed by atoms with Gasteiger partial charge < -0.3 is 0 Å². The highest BCUT2D eigenvalue weighted by atomic mass is 79.9. The number of thiophene rings is 1. The zero-order valence-electron chi connectivity index (χ0n) is 11.1. The molecule has 4 aromatic heterocycles. The van der Waals surface area contributed by atoms with Crippen molar-refractivity contribution in [2.45, 2.75) is 6.92 Å². The Hall–Kier alpha value is -1.58. The molecule has 0 saturated heterocycles. The highest BCUT2D eigenvalue weighted by molar-refractivity contribution is 9.11. The first-order valence-corrected chi connectivity index (χ1v) is 8.53. The molecule has 0 amide bonds. The molecular weight excluding hydrogens is 372 g/mol. The van der Waals surface area contributed by atoms with Gasteiger partial charge in [-0.1, -0.05) is 11.3 Å². The van der Waals surface area contributed by atoms with Crippen molar-refractivity contribution in [3.8, 4) is 21.3 Å². The molecule has 4 aromatic rings. The zero-order valence-corrected chi connectivity index (χ0v) is 14.3. The summed E-state index contributed by atoms with van der Waals surface area (Å²) in [6.45, 7) is 2.01. The summed E-state index contributed by atoms with van der Waals surface area (Å²) in [4.78, 5) is 1.90. The van der Waals surface area contributed by atoms with Crippen LogP contribution in [0, 0.1) is 6.92 Å². The molecule has 0 unspecified atom stereocenters. The van der Waals surface area contributed by atoms with Crippen molar-refractivity contribution in [3.05, 3.63) is 27.8 Å². The summed E-state index contributed by atoms with van der Waals surface area (Å²) in [6.07, 6.45) is 1.80. The SMILES string of the molecule is Cc1c(-c2nnc3sc(-c4ccc(Br)s4)nn23)cnn1C. The van der Waals surface area contributed by atoms with Crippen molar-refractivity contribution in [3.63, 3.8) is 0 Å². The van der Waals surface area contributed by atoms with Crippen molar-refractivity contribution < 1.29 is 0 Å². The molecule has 4 rings (SSSR count). The molecule has 0 aliphatic heterocycles. The first-order chi connectivity index (χ1) is 10.1. The highest BCUT2D eigenvalue weighted by Crippen LogP contribution is 2.34. The van der Waals surface area contributed by atoms with Gasteiger partial charge in [-0.15, -0.1) is 21.5 Å². The summed E-state index contributed by atoms with van der Waals surface area (Å²) in [6, 6.07) is 4.07. The van der Waals surface area contributed by atoms with E-state index >= 15 is 0 Å². The molecule has 0 bridgehead atoms. The molecule has 106 valence electrons. The van der Waals surface area contributed by atoms with Gasteiger partial charge in [-0.05, 0) is 35.0 Å². The van der Waals surface area contributed by atoms with Gasteiger partial charge in [0, 0.05) is 12.7 Å². The topological polar surface area (TPSA) is 60.9 Å². The first-order valence-electron chi connectivity index (χ1n) is 6.10. The number of nitrogens with zero attached hydrogens (tertiary/aromatic N) is 6. The summed E-state index contributed by atoms with van der Waals surface area (Å²) >= 11 is 6.66. The van der Waals surface area contributed by atoms with Gasteiger partial charge in [0.2, 0.25) is 4.96 Å². The van der Waals surface area contributed by atoms with E-state index in [-0.39, 0.29) is 0 Å². The maximum atomic E-state index is 4.65. The van der Waals surface area contributed by atoms with Crippen LogP contribution in [0.5, 0.6) is 0 Å². The van der Waals surface area contributed by atoms with Crippen LogP contribution in [0.1, 0.15) is 5.69 Å². The van der Waals surface area contributed by atoms with Gasteiger partial charge in [0.25, 0.3) is 0 Å². The lowest BCUT2D eigenvalue weighted by molar-refractivity contribution is 0.740. The highest BCUT2D eigenvalue weighted by Gasteiger charge is 2.18. The third-order valence-electron chi connectivity index (χ3n) is 3.25. The largest absolute Gasteiger partial charge is 0.272 e. The predicted molar refractivity (Wildman–Crippen MR) is 86.6 cm³/mol. The number of halogens is 1. The minimum atomic E-state index is 0.730. The monoisotopic (exact) mass is 380 g/mol. The van der Waals surface area contributed by atoms with Crippen LogP contribution in [0.4, 0.5) is 0 Å². The van der Waals surface area contributed by atoms with Crippen LogP contribution in [0.2, 0.25) is 0 Å². The number of fused-ring (bicyclic) bond motifs is 1. The van der Waals surface area contributed by atoms with E-state index in [0.29, 0.717) is 0 Å². The number of hydrogen-bond donors (Lipinski definition) is 0. The Labute approximate surface area is 136 Å². The minimum absolute atomic E-state index is 0.730. The van der Waals surface area contributed by atoms with E-state index in [2.05, 4.69) is 42.4 Å². The van der Waals surface area contributed by atoms with E-state index in [1.54, 1.807) is 22.0 Å². The molecule has 6 nitrogen and oxygen atoms in total. The summed E-state index contributed by atoms with van der Waals surface area (Å²) in [5.41, 5.74) is 1.99. The quantitative estimate of drug-likeness (QED) is 0.534. The molecule has 0 radical (unpaired) electrons. The van der Waals surface area contributed by atoms with E-state index in [1.807, 2.05) is 24.7 Å². The molecule has 0 spiro atoms. The number of hydrogen-bond acceptors (Lipinski definition) is 6. The van der Waals surface area contributed by atoms with Crippen molar-refractivity contribution in [1.29, 1.82) is 0 Å². The second-order valence-corrected chi connectivity index (χ2v) is 7.92. The van der Waals surface area contributed by atoms with E-state index in [0.717, 1.165) is 35.7 Å². The molecule has 0 fully saturated rings. The standard InChI is InChI=1S/C12H9BrN6S2/c1-6-7(5-14-18(6)2)10-15-16-12-19(10)17-11(21-12)8-3-4-9(13)20-8/h3-5H,1-2H3. The summed E-state index contributed by atoms with van der Waals surface area (Å²) in [5.74, 6) is 0.730. The Bertz CT molecular complexity index is 946. The minimum Gasteiger partial charge on any atom is -0.272 e. The van der Waals surface area contributed by atoms with Crippen molar-refractivity contribution >= 4 is 43.6 Å². The van der Waals surface area contributed by atoms with Gasteiger partial charge in [-0.3, -0.25) is 4.68 Å². The molecule has 0 aliphatic carbocycles. The average molecular weight is 381 g/mol. The van der Waals surface area contributed by atoms with Crippen LogP contribution in [-0.4, -0.2) is 29.6 Å². The van der Waals surface area contributed by atoms with Crippen LogP contribution in [0.15, 0.2) is 22.1 Å². The van der Waals surface area contributed by atoms with E-state index < -0.39 is 0 Å². The molecule has 21 heavy (non-hydrogen) atoms. The summed E-state index contributed by atoms with van der Waals surface area (Å²) in [7, 11) is 1.91. The van der Waals surface area contributed by atoms with Gasteiger partial charge in [0.15, 0.2) is 10.8 Å². The van der Waals surface area contributed by atoms with E-state index in [1.165, 1.54) is 11.3 Å². The third kappa shape index (κ3) is 2.03. The normalized spacial score (nSPS) is 11.6. The lowest BCUT2D eigenvalue weighted by Crippen LogP contribution is -1.95. The van der Waals surface area contributed by atoms with Crippen LogP contribution < -0.4 is 0 Å². The van der Waals surface area contributed by atoms with Gasteiger partial charge in [0.05, 0.1) is 20.4 Å². The van der Waals surface area contributed by atoms with E-state index in [9.17, 15) is 0 Å². The second kappa shape index (κ2) is 4.72. The summed E-state index contributed by atoms with van der Waals surface area (Å²) in [5, 5.41) is 18.3. The Morgan fingerprint density at radius 2 is 2.05 bits per heavy atom. The van der Waals surface area contributed by atoms with Gasteiger partial charge in [-0.25, -0.2) is 0 Å². The smallest absolute Gasteiger partial charge is 0.235 e. The molecule has 4 heterocycles. The lowest BCUT2D eigenvalue weighted by Gasteiger charge is -1.96. The fourth-order valence-corrected chi connectivity index (χ4v) is 4.31. The number of rotatable bonds is 2. The molecule has 0 atom stereocenters. The van der Waals surface area contributed by atoms with Crippen molar-refractivity contribution in [1.82, 2.24) is 29.6 Å². The molecule has 0 aromatic carbocycles. The third-order valence-corrected chi connectivity index (χ3v) is 5.94. The Morgan fingerprint density at radius 3 is 2.71 bits per heavy atom. The van der Waals surface area contributed by atoms with Crippen LogP contribution >= 0.6 is 38.6 Å². The molecular formula is C12H9BrN6S2. The Morgan fingerprint density at radius 1 is 1.19 bits per heavy atom. The van der Waals surface area contributed by atoms with Crippen molar-refractivity contribution in [2.24, 2.45) is 7.05 Å². The molecule has 0 N–H and O–H groups in total. The van der Waals surface area contributed by atoms with Crippen LogP contribution in [0.25, 0.3) is 26.2 Å². The molecule has 0 aliphatic rings. The maximum Gasteiger partial charge on any atom is 0.235 e. The summed E-state index contributed by atoms with van der Waals surface area (Å²) < 4.78 is 4.70. The van der Waals surface area contributed by atoms with E-state index in [4.69, 9.17) is 0 Å². The fraction of sp³-hybridized carbons (Fsp3) is 0.167. The fourth-order valence-electron chi connectivity index (χ4n) is 2.03. The number of aryl methyl sites for hydroxylation is 1. The maximum absolute atomic E-state index is 4.65. The van der Waals surface area contributed by atoms with Gasteiger partial charge in [-0.2, -0.15) is 14.7 Å². The molecule has 0 saturated carbocycles. The van der Waals surface area contributed by atoms with Crippen LogP contribution in [0.3, 0.4) is 0 Å².